The zero-order valence-electron chi connectivity index (χ0n) is 12.8. The van der Waals surface area contributed by atoms with Crippen LogP contribution in [0.15, 0.2) is 12.2 Å². The fraction of sp³-hybridized carbons (Fsp3) is 0.875. The van der Waals surface area contributed by atoms with E-state index in [1.807, 2.05) is 6.08 Å². The van der Waals surface area contributed by atoms with Crippen molar-refractivity contribution in [3.8, 4) is 0 Å². The molecule has 2 rings (SSSR count). The van der Waals surface area contributed by atoms with Crippen molar-refractivity contribution >= 4 is 0 Å². The lowest BCUT2D eigenvalue weighted by molar-refractivity contribution is -0.300. The van der Waals surface area contributed by atoms with Gasteiger partial charge < -0.3 is 19.7 Å². The average molecular weight is 284 g/mol. The maximum Gasteiger partial charge on any atom is 0.190 e. The number of ether oxygens (including phenoxy) is 2. The molecular weight excluding hydrogens is 256 g/mol. The fourth-order valence-electron chi connectivity index (χ4n) is 3.25. The maximum atomic E-state index is 10.1. The summed E-state index contributed by atoms with van der Waals surface area (Å²) < 4.78 is 12.3. The van der Waals surface area contributed by atoms with Crippen LogP contribution < -0.4 is 0 Å². The van der Waals surface area contributed by atoms with Gasteiger partial charge in [0.25, 0.3) is 0 Å². The zero-order chi connectivity index (χ0) is 14.8. The molecule has 0 aliphatic carbocycles. The van der Waals surface area contributed by atoms with Crippen LogP contribution in [-0.2, 0) is 9.47 Å². The summed E-state index contributed by atoms with van der Waals surface area (Å²) in [6.07, 6.45) is 6.30. The van der Waals surface area contributed by atoms with E-state index in [1.54, 1.807) is 0 Å². The topological polar surface area (TPSA) is 58.9 Å². The first-order chi connectivity index (χ1) is 9.49. The number of aliphatic hydroxyl groups is 2. The van der Waals surface area contributed by atoms with Crippen LogP contribution in [-0.4, -0.2) is 40.9 Å². The Morgan fingerprint density at radius 2 is 2.15 bits per heavy atom. The molecule has 0 aromatic heterocycles. The van der Waals surface area contributed by atoms with Crippen molar-refractivity contribution < 1.29 is 19.7 Å². The second-order valence-corrected chi connectivity index (χ2v) is 6.34. The van der Waals surface area contributed by atoms with Gasteiger partial charge in [-0.3, -0.25) is 0 Å². The first-order valence-electron chi connectivity index (χ1n) is 7.83. The minimum Gasteiger partial charge on any atom is -0.396 e. The molecule has 1 spiro atoms. The Balaban J connectivity index is 2.14. The Kier molecular flexibility index (Phi) is 5.24. The van der Waals surface area contributed by atoms with E-state index in [0.717, 1.165) is 6.42 Å². The lowest BCUT2D eigenvalue weighted by Gasteiger charge is -2.47. The van der Waals surface area contributed by atoms with Gasteiger partial charge in [0.05, 0.1) is 18.3 Å². The highest BCUT2D eigenvalue weighted by Gasteiger charge is 2.45. The predicted octanol–water partition coefficient (Wildman–Crippen LogP) is 2.24. The summed E-state index contributed by atoms with van der Waals surface area (Å²) >= 11 is 0. The molecule has 4 nitrogen and oxygen atoms in total. The lowest BCUT2D eigenvalue weighted by Crippen LogP contribution is -2.52. The molecule has 0 amide bonds. The molecule has 1 saturated heterocycles. The van der Waals surface area contributed by atoms with Gasteiger partial charge in [-0.2, -0.15) is 0 Å². The van der Waals surface area contributed by atoms with Crippen molar-refractivity contribution in [3.63, 3.8) is 0 Å². The average Bonchev–Trinajstić information content (AvgIpc) is 2.40. The number of hydrogen-bond acceptors (Lipinski definition) is 4. The standard InChI is InChI=1S/C16H28O4/c1-4-11(2)15-12(3)5-7-16(20-15)10-13(18)9-14(19-16)6-8-17/h5,7,11-15,17-18H,4,6,8-10H2,1-3H3/t11-,12-,13-,14+,15+,16+/m0/s1. The number of hydrogen-bond donors (Lipinski definition) is 2. The van der Waals surface area contributed by atoms with Gasteiger partial charge >= 0.3 is 0 Å². The maximum absolute atomic E-state index is 10.1. The number of aliphatic hydroxyl groups excluding tert-OH is 2. The van der Waals surface area contributed by atoms with E-state index in [9.17, 15) is 5.11 Å². The molecule has 20 heavy (non-hydrogen) atoms. The van der Waals surface area contributed by atoms with E-state index in [1.165, 1.54) is 0 Å². The SMILES string of the molecule is CC[C@H](C)[C@H]1O[C@]2(C=C[C@@H]1C)C[C@@H](O)C[C@@H](CCO)O2. The summed E-state index contributed by atoms with van der Waals surface area (Å²) in [6.45, 7) is 6.59. The summed E-state index contributed by atoms with van der Waals surface area (Å²) in [4.78, 5) is 0. The van der Waals surface area contributed by atoms with E-state index in [2.05, 4.69) is 26.8 Å². The van der Waals surface area contributed by atoms with Gasteiger partial charge in [-0.05, 0) is 24.8 Å². The van der Waals surface area contributed by atoms with Crippen LogP contribution in [0.5, 0.6) is 0 Å². The quantitative estimate of drug-likeness (QED) is 0.777. The van der Waals surface area contributed by atoms with Gasteiger partial charge in [-0.15, -0.1) is 0 Å². The van der Waals surface area contributed by atoms with E-state index < -0.39 is 11.9 Å². The molecular formula is C16H28O4. The van der Waals surface area contributed by atoms with Crippen molar-refractivity contribution in [3.05, 3.63) is 12.2 Å². The van der Waals surface area contributed by atoms with E-state index in [4.69, 9.17) is 14.6 Å². The van der Waals surface area contributed by atoms with Crippen molar-refractivity contribution in [2.24, 2.45) is 11.8 Å². The summed E-state index contributed by atoms with van der Waals surface area (Å²) in [5.41, 5.74) is 0. The van der Waals surface area contributed by atoms with Crippen LogP contribution in [0.1, 0.15) is 46.5 Å². The second-order valence-electron chi connectivity index (χ2n) is 6.34. The third-order valence-corrected chi connectivity index (χ3v) is 4.58. The Morgan fingerprint density at radius 1 is 1.40 bits per heavy atom. The molecule has 0 unspecified atom stereocenters. The summed E-state index contributed by atoms with van der Waals surface area (Å²) in [6, 6.07) is 0. The van der Waals surface area contributed by atoms with Crippen LogP contribution in [0.3, 0.4) is 0 Å². The molecule has 0 bridgehead atoms. The lowest BCUT2D eigenvalue weighted by atomic mass is 9.86. The minimum absolute atomic E-state index is 0.0718. The Hall–Kier alpha value is -0.420. The van der Waals surface area contributed by atoms with Crippen molar-refractivity contribution in [1.82, 2.24) is 0 Å². The Morgan fingerprint density at radius 3 is 2.80 bits per heavy atom. The van der Waals surface area contributed by atoms with E-state index in [0.29, 0.717) is 31.1 Å². The van der Waals surface area contributed by atoms with Gasteiger partial charge in [0, 0.05) is 18.9 Å². The van der Waals surface area contributed by atoms with Crippen LogP contribution in [0.2, 0.25) is 0 Å². The molecule has 116 valence electrons. The molecule has 0 radical (unpaired) electrons. The monoisotopic (exact) mass is 284 g/mol. The fourth-order valence-corrected chi connectivity index (χ4v) is 3.25. The van der Waals surface area contributed by atoms with Crippen molar-refractivity contribution in [1.29, 1.82) is 0 Å². The molecule has 4 heteroatoms. The highest BCUT2D eigenvalue weighted by Crippen LogP contribution is 2.40. The molecule has 0 aromatic rings. The zero-order valence-corrected chi connectivity index (χ0v) is 12.8. The van der Waals surface area contributed by atoms with Crippen LogP contribution in [0.4, 0.5) is 0 Å². The van der Waals surface area contributed by atoms with Crippen LogP contribution >= 0.6 is 0 Å². The number of rotatable bonds is 4. The Bertz CT molecular complexity index is 343. The van der Waals surface area contributed by atoms with E-state index >= 15 is 0 Å². The molecule has 0 aromatic carbocycles. The largest absolute Gasteiger partial charge is 0.396 e. The second kappa shape index (κ2) is 6.56. The molecule has 1 fully saturated rings. The highest BCUT2D eigenvalue weighted by atomic mass is 16.7. The van der Waals surface area contributed by atoms with Gasteiger partial charge in [-0.25, -0.2) is 0 Å². The minimum atomic E-state index is -0.807. The summed E-state index contributed by atoms with van der Waals surface area (Å²) in [7, 11) is 0. The van der Waals surface area contributed by atoms with Gasteiger partial charge in [0.2, 0.25) is 0 Å². The normalized spacial score (nSPS) is 42.9. The molecule has 2 N–H and O–H groups in total. The van der Waals surface area contributed by atoms with Crippen molar-refractivity contribution in [2.45, 2.75) is 70.6 Å². The van der Waals surface area contributed by atoms with Crippen molar-refractivity contribution in [2.75, 3.05) is 6.61 Å². The van der Waals surface area contributed by atoms with Gasteiger partial charge in [0.15, 0.2) is 5.79 Å². The summed E-state index contributed by atoms with van der Waals surface area (Å²) in [5.74, 6) is -0.00158. The summed E-state index contributed by atoms with van der Waals surface area (Å²) in [5, 5.41) is 19.2. The first-order valence-corrected chi connectivity index (χ1v) is 7.83. The van der Waals surface area contributed by atoms with Gasteiger partial charge in [0.1, 0.15) is 0 Å². The third kappa shape index (κ3) is 3.42. The van der Waals surface area contributed by atoms with E-state index in [-0.39, 0.29) is 18.8 Å². The Labute approximate surface area is 121 Å². The molecule has 0 saturated carbocycles. The highest BCUT2D eigenvalue weighted by molar-refractivity contribution is 5.08. The third-order valence-electron chi connectivity index (χ3n) is 4.58. The first kappa shape index (κ1) is 16.0. The molecule has 2 aliphatic rings. The molecule has 2 heterocycles. The molecule has 6 atom stereocenters. The predicted molar refractivity (Wildman–Crippen MR) is 77.2 cm³/mol. The smallest absolute Gasteiger partial charge is 0.190 e. The van der Waals surface area contributed by atoms with Crippen LogP contribution in [0, 0.1) is 11.8 Å². The molecule has 2 aliphatic heterocycles. The van der Waals surface area contributed by atoms with Gasteiger partial charge in [-0.1, -0.05) is 33.3 Å². The van der Waals surface area contributed by atoms with Crippen LogP contribution in [0.25, 0.3) is 0 Å².